The number of hydrogen-bond donors (Lipinski definition) is 1. The normalized spacial score (nSPS) is 14.0. The summed E-state index contributed by atoms with van der Waals surface area (Å²) in [5.41, 5.74) is 4.32. The Morgan fingerprint density at radius 3 is 2.65 bits per heavy atom. The van der Waals surface area contributed by atoms with E-state index in [0.29, 0.717) is 23.3 Å². The second-order valence-electron chi connectivity index (χ2n) is 6.59. The second kappa shape index (κ2) is 7.38. The van der Waals surface area contributed by atoms with E-state index in [2.05, 4.69) is 33.3 Å². The molecule has 0 amide bonds. The summed E-state index contributed by atoms with van der Waals surface area (Å²) in [5.74, 6) is 1.15. The minimum Gasteiger partial charge on any atom is -0.374 e. The summed E-state index contributed by atoms with van der Waals surface area (Å²) in [4.78, 5) is 6.87. The van der Waals surface area contributed by atoms with Gasteiger partial charge in [-0.25, -0.2) is 0 Å². The van der Waals surface area contributed by atoms with Crippen LogP contribution in [0, 0.1) is 6.92 Å². The van der Waals surface area contributed by atoms with Gasteiger partial charge in [-0.1, -0.05) is 46.6 Å². The molecule has 0 atom stereocenters. The molecule has 4 rings (SSSR count). The molecule has 0 bridgehead atoms. The maximum absolute atomic E-state index is 6.19. The topological polar surface area (TPSA) is 54.2 Å². The van der Waals surface area contributed by atoms with Gasteiger partial charge < -0.3 is 14.7 Å². The molecule has 0 aliphatic carbocycles. The third-order valence-electron chi connectivity index (χ3n) is 4.61. The zero-order valence-electron chi connectivity index (χ0n) is 14.7. The lowest BCUT2D eigenvalue weighted by Crippen LogP contribution is -2.19. The van der Waals surface area contributed by atoms with Crippen molar-refractivity contribution in [1.82, 2.24) is 10.1 Å². The summed E-state index contributed by atoms with van der Waals surface area (Å²) in [7, 11) is 0. The van der Waals surface area contributed by atoms with Crippen molar-refractivity contribution in [2.24, 2.45) is 0 Å². The van der Waals surface area contributed by atoms with E-state index in [1.165, 1.54) is 24.1 Å². The van der Waals surface area contributed by atoms with Gasteiger partial charge in [0.2, 0.25) is 11.7 Å². The average Bonchev–Trinajstić information content (AvgIpc) is 3.33. The largest absolute Gasteiger partial charge is 0.374 e. The van der Waals surface area contributed by atoms with E-state index in [9.17, 15) is 0 Å². The molecule has 5 nitrogen and oxygen atoms in total. The predicted octanol–water partition coefficient (Wildman–Crippen LogP) is 4.91. The number of benzene rings is 2. The zero-order chi connectivity index (χ0) is 17.9. The van der Waals surface area contributed by atoms with Crippen molar-refractivity contribution in [1.29, 1.82) is 0 Å². The van der Waals surface area contributed by atoms with Crippen molar-refractivity contribution in [3.05, 3.63) is 58.9 Å². The van der Waals surface area contributed by atoms with Gasteiger partial charge in [-0.3, -0.25) is 0 Å². The Kier molecular flexibility index (Phi) is 4.80. The van der Waals surface area contributed by atoms with Crippen LogP contribution in [0.15, 0.2) is 47.0 Å². The lowest BCUT2D eigenvalue weighted by atomic mass is 10.1. The number of aromatic nitrogens is 2. The number of nitrogens with one attached hydrogen (secondary N) is 1. The van der Waals surface area contributed by atoms with E-state index in [1.807, 2.05) is 36.4 Å². The van der Waals surface area contributed by atoms with Crippen molar-refractivity contribution >= 4 is 23.0 Å². The van der Waals surface area contributed by atoms with Crippen LogP contribution in [0.1, 0.15) is 24.3 Å². The van der Waals surface area contributed by atoms with Crippen molar-refractivity contribution < 1.29 is 4.52 Å². The van der Waals surface area contributed by atoms with Gasteiger partial charge in [-0.2, -0.15) is 4.98 Å². The van der Waals surface area contributed by atoms with Gasteiger partial charge >= 0.3 is 0 Å². The summed E-state index contributed by atoms with van der Waals surface area (Å²) >= 11 is 6.19. The first-order valence-corrected chi connectivity index (χ1v) is 9.25. The second-order valence-corrected chi connectivity index (χ2v) is 7.02. The Balaban J connectivity index is 1.49. The highest BCUT2D eigenvalue weighted by molar-refractivity contribution is 6.31. The smallest absolute Gasteiger partial charge is 0.246 e. The van der Waals surface area contributed by atoms with Crippen LogP contribution < -0.4 is 10.2 Å². The van der Waals surface area contributed by atoms with E-state index >= 15 is 0 Å². The van der Waals surface area contributed by atoms with E-state index in [4.69, 9.17) is 16.1 Å². The number of aryl methyl sites for hydroxylation is 1. The Hall–Kier alpha value is -2.53. The monoisotopic (exact) mass is 368 g/mol. The SMILES string of the molecule is Cc1ccc(-c2noc(CNc3cc(Cl)ccc3N3CCCC3)n2)cc1. The molecular weight excluding hydrogens is 348 g/mol. The first-order chi connectivity index (χ1) is 12.7. The molecular formula is C20H21ClN4O. The number of rotatable bonds is 5. The van der Waals surface area contributed by atoms with Crippen molar-refractivity contribution in [3.63, 3.8) is 0 Å². The fourth-order valence-electron chi connectivity index (χ4n) is 3.20. The van der Waals surface area contributed by atoms with Crippen LogP contribution in [0.4, 0.5) is 11.4 Å². The summed E-state index contributed by atoms with van der Waals surface area (Å²) in [5, 5.41) is 8.19. The summed E-state index contributed by atoms with van der Waals surface area (Å²) < 4.78 is 5.40. The standard InChI is InChI=1S/C20H21ClN4O/c1-14-4-6-15(7-5-14)20-23-19(26-24-20)13-22-17-12-16(21)8-9-18(17)25-10-2-3-11-25/h4-9,12,22H,2-3,10-11,13H2,1H3. The minimum absolute atomic E-state index is 0.458. The summed E-state index contributed by atoms with van der Waals surface area (Å²) in [6.45, 7) is 4.67. The van der Waals surface area contributed by atoms with Crippen LogP contribution in [-0.4, -0.2) is 23.2 Å². The lowest BCUT2D eigenvalue weighted by Gasteiger charge is -2.21. The molecule has 1 N–H and O–H groups in total. The molecule has 0 saturated carbocycles. The number of hydrogen-bond acceptors (Lipinski definition) is 5. The summed E-state index contributed by atoms with van der Waals surface area (Å²) in [6, 6.07) is 14.0. The highest BCUT2D eigenvalue weighted by Gasteiger charge is 2.17. The van der Waals surface area contributed by atoms with Crippen LogP contribution in [0.3, 0.4) is 0 Å². The first-order valence-electron chi connectivity index (χ1n) is 8.87. The average molecular weight is 369 g/mol. The molecule has 0 radical (unpaired) electrons. The Morgan fingerprint density at radius 1 is 1.12 bits per heavy atom. The molecule has 0 spiro atoms. The molecule has 1 saturated heterocycles. The minimum atomic E-state index is 0.458. The van der Waals surface area contributed by atoms with Gasteiger partial charge in [0.15, 0.2) is 0 Å². The summed E-state index contributed by atoms with van der Waals surface area (Å²) in [6.07, 6.45) is 2.46. The third kappa shape index (κ3) is 3.68. The molecule has 1 aliphatic rings. The maximum Gasteiger partial charge on any atom is 0.246 e. The van der Waals surface area contributed by atoms with Crippen molar-refractivity contribution in [3.8, 4) is 11.4 Å². The molecule has 2 heterocycles. The highest BCUT2D eigenvalue weighted by atomic mass is 35.5. The fraction of sp³-hybridized carbons (Fsp3) is 0.300. The van der Waals surface area contributed by atoms with Crippen molar-refractivity contribution in [2.45, 2.75) is 26.3 Å². The molecule has 26 heavy (non-hydrogen) atoms. The molecule has 0 unspecified atom stereocenters. The Morgan fingerprint density at radius 2 is 1.88 bits per heavy atom. The van der Waals surface area contributed by atoms with Crippen LogP contribution in [0.5, 0.6) is 0 Å². The molecule has 6 heteroatoms. The molecule has 2 aromatic carbocycles. The van der Waals surface area contributed by atoms with Gasteiger partial charge in [-0.05, 0) is 38.0 Å². The maximum atomic E-state index is 6.19. The van der Waals surface area contributed by atoms with Gasteiger partial charge in [0.05, 0.1) is 17.9 Å². The van der Waals surface area contributed by atoms with Crippen LogP contribution in [0.2, 0.25) is 5.02 Å². The number of halogens is 1. The quantitative estimate of drug-likeness (QED) is 0.693. The van der Waals surface area contributed by atoms with E-state index in [-0.39, 0.29) is 0 Å². The highest BCUT2D eigenvalue weighted by Crippen LogP contribution is 2.32. The van der Waals surface area contributed by atoms with Crippen LogP contribution in [-0.2, 0) is 6.54 Å². The van der Waals surface area contributed by atoms with Gasteiger partial charge in [-0.15, -0.1) is 0 Å². The van der Waals surface area contributed by atoms with E-state index in [0.717, 1.165) is 24.3 Å². The van der Waals surface area contributed by atoms with Gasteiger partial charge in [0.25, 0.3) is 0 Å². The zero-order valence-corrected chi connectivity index (χ0v) is 15.5. The Bertz CT molecular complexity index is 885. The van der Waals surface area contributed by atoms with E-state index in [1.54, 1.807) is 0 Å². The predicted molar refractivity (Wildman–Crippen MR) is 105 cm³/mol. The molecule has 1 fully saturated rings. The molecule has 134 valence electrons. The molecule has 1 aliphatic heterocycles. The number of nitrogens with zero attached hydrogens (tertiary/aromatic N) is 3. The number of anilines is 2. The molecule has 3 aromatic rings. The third-order valence-corrected chi connectivity index (χ3v) is 4.85. The first kappa shape index (κ1) is 16.9. The van der Waals surface area contributed by atoms with Gasteiger partial charge in [0, 0.05) is 23.7 Å². The van der Waals surface area contributed by atoms with Crippen molar-refractivity contribution in [2.75, 3.05) is 23.3 Å². The fourth-order valence-corrected chi connectivity index (χ4v) is 3.37. The Labute approximate surface area is 158 Å². The van der Waals surface area contributed by atoms with E-state index < -0.39 is 0 Å². The van der Waals surface area contributed by atoms with Gasteiger partial charge in [0.1, 0.15) is 0 Å². The van der Waals surface area contributed by atoms with Crippen LogP contribution >= 0.6 is 11.6 Å². The van der Waals surface area contributed by atoms with Crippen LogP contribution in [0.25, 0.3) is 11.4 Å². The lowest BCUT2D eigenvalue weighted by molar-refractivity contribution is 0.384. The molecule has 1 aromatic heterocycles.